The fraction of sp³-hybridized carbons (Fsp3) is 0.579. The minimum absolute atomic E-state index is 0.0347. The van der Waals surface area contributed by atoms with Gasteiger partial charge in [0.15, 0.2) is 0 Å². The number of nitrogens with one attached hydrogen (secondary N) is 9. The van der Waals surface area contributed by atoms with Crippen molar-refractivity contribution < 1.29 is 63.3 Å². The monoisotopic (exact) mass is 937 g/mol. The molecule has 16 N–H and O–H groups in total. The summed E-state index contributed by atoms with van der Waals surface area (Å²) in [6.45, 7) is 4.07. The van der Waals surface area contributed by atoms with E-state index in [1.807, 2.05) is 13.8 Å². The van der Waals surface area contributed by atoms with Gasteiger partial charge in [-0.25, -0.2) is 14.8 Å². The molecule has 2 aromatic rings. The molecule has 65 heavy (non-hydrogen) atoms. The van der Waals surface area contributed by atoms with E-state index in [9.17, 15) is 63.3 Å². The van der Waals surface area contributed by atoms with Crippen LogP contribution < -0.4 is 48.7 Å². The molecule has 2 rings (SSSR count). The first-order valence-electron chi connectivity index (χ1n) is 20.3. The number of aliphatic hydroxyl groups is 1. The topological polar surface area (TPSA) is 425 Å². The molecule has 0 aromatic carbocycles. The van der Waals surface area contributed by atoms with Gasteiger partial charge in [-0.1, -0.05) is 13.8 Å². The van der Waals surface area contributed by atoms with E-state index in [1.54, 1.807) is 6.26 Å². The molecular formula is C38H59N13O13S. The Balaban J connectivity index is 2.33. The number of H-pyrrole nitrogens is 2. The van der Waals surface area contributed by atoms with Crippen LogP contribution in [0.1, 0.15) is 64.3 Å². The van der Waals surface area contributed by atoms with Crippen molar-refractivity contribution in [3.05, 3.63) is 36.4 Å². The van der Waals surface area contributed by atoms with Crippen molar-refractivity contribution in [2.24, 2.45) is 17.4 Å². The van der Waals surface area contributed by atoms with Gasteiger partial charge in [0.2, 0.25) is 47.3 Å². The largest absolute Gasteiger partial charge is 0.481 e. The number of hydrogen-bond donors (Lipinski definition) is 14. The molecule has 0 aliphatic carbocycles. The minimum Gasteiger partial charge on any atom is -0.481 e. The van der Waals surface area contributed by atoms with E-state index >= 15 is 0 Å². The first-order chi connectivity index (χ1) is 30.6. The summed E-state index contributed by atoms with van der Waals surface area (Å²) in [7, 11) is 0. The van der Waals surface area contributed by atoms with Crippen molar-refractivity contribution in [2.75, 3.05) is 18.6 Å². The predicted molar refractivity (Wildman–Crippen MR) is 230 cm³/mol. The molecular weight excluding hydrogens is 879 g/mol. The molecule has 0 fully saturated rings. The molecule has 2 heterocycles. The summed E-state index contributed by atoms with van der Waals surface area (Å²) in [5.41, 5.74) is 11.9. The van der Waals surface area contributed by atoms with Crippen molar-refractivity contribution in [3.8, 4) is 0 Å². The number of aromatic nitrogens is 4. The number of aliphatic carboxylic acids is 2. The van der Waals surface area contributed by atoms with Crippen LogP contribution in [-0.4, -0.2) is 161 Å². The number of carbonyl (C=O) groups excluding carboxylic acids is 8. The third-order valence-electron chi connectivity index (χ3n) is 9.31. The number of rotatable bonds is 30. The quantitative estimate of drug-likeness (QED) is 0.0350. The Morgan fingerprint density at radius 1 is 0.692 bits per heavy atom. The number of nitrogens with two attached hydrogens (primary N) is 2. The van der Waals surface area contributed by atoms with Crippen LogP contribution in [0.2, 0.25) is 0 Å². The van der Waals surface area contributed by atoms with Gasteiger partial charge in [0, 0.05) is 31.7 Å². The molecule has 0 spiro atoms. The van der Waals surface area contributed by atoms with Crippen molar-refractivity contribution in [3.63, 3.8) is 0 Å². The highest BCUT2D eigenvalue weighted by molar-refractivity contribution is 7.98. The Bertz CT molecular complexity index is 1930. The van der Waals surface area contributed by atoms with Gasteiger partial charge in [-0.3, -0.25) is 43.2 Å². The summed E-state index contributed by atoms with van der Waals surface area (Å²) in [6, 6.07) is -10.5. The lowest BCUT2D eigenvalue weighted by atomic mass is 10.0. The number of carboxylic acid groups (broad SMARTS) is 2. The Hall–Kier alpha value is -6.61. The molecule has 0 aliphatic rings. The van der Waals surface area contributed by atoms with Crippen molar-refractivity contribution >= 4 is 71.0 Å². The van der Waals surface area contributed by atoms with Crippen LogP contribution in [-0.2, 0) is 60.8 Å². The standard InChI is InChI=1S/C38H59N13O13S/c1-18(2)9-22(39)32(57)48-26(11-21-14-42-17-45-21)36(61)51-31(19(3)52)37(62)47-23(5-6-30(55)56)34(59)49-25(10-20-13-41-16-44-20)35(60)50-27(12-28(40)53)33(58)43-15-29(54)46-24(38(63)64)7-8-65-4/h13-14,16-19,22-27,31,52H,5-12,15,39H2,1-4H3,(H2,40,53)(H,41,44)(H,42,45)(H,43,58)(H,46,54)(H,47,62)(H,48,57)(H,49,59)(H,50,60)(H,51,61)(H,55,56)(H,63,64)/t19-,22+,23+,24+,25+,26+,27+,31+/m1/s1. The molecule has 0 saturated heterocycles. The third-order valence-corrected chi connectivity index (χ3v) is 9.96. The molecule has 8 atom stereocenters. The second-order valence-electron chi connectivity index (χ2n) is 15.3. The van der Waals surface area contributed by atoms with Gasteiger partial charge in [0.1, 0.15) is 36.3 Å². The smallest absolute Gasteiger partial charge is 0.326 e. The number of primary amides is 1. The molecule has 0 unspecified atom stereocenters. The Morgan fingerprint density at radius 3 is 1.69 bits per heavy atom. The molecule has 2 aromatic heterocycles. The first-order valence-corrected chi connectivity index (χ1v) is 21.7. The highest BCUT2D eigenvalue weighted by atomic mass is 32.2. The van der Waals surface area contributed by atoms with Crippen LogP contribution in [0.15, 0.2) is 25.0 Å². The SMILES string of the molecule is CSCC[C@H](NC(=O)CNC(=O)[C@H](CC(N)=O)NC(=O)[C@H](Cc1c[nH]cn1)NC(=O)[C@H](CCC(=O)O)NC(=O)[C@@H](NC(=O)[C@H](Cc1c[nH]cn1)NC(=O)[C@@H](N)CC(C)C)[C@@H](C)O)C(=O)O. The maximum absolute atomic E-state index is 13.9. The number of aliphatic hydroxyl groups excluding tert-OH is 1. The van der Waals surface area contributed by atoms with E-state index in [0.717, 1.165) is 6.92 Å². The maximum Gasteiger partial charge on any atom is 0.326 e. The van der Waals surface area contributed by atoms with Gasteiger partial charge >= 0.3 is 11.9 Å². The van der Waals surface area contributed by atoms with Gasteiger partial charge in [0.25, 0.3) is 0 Å². The van der Waals surface area contributed by atoms with Gasteiger partial charge in [-0.05, 0) is 44.1 Å². The minimum atomic E-state index is -1.80. The molecule has 26 nitrogen and oxygen atoms in total. The number of carbonyl (C=O) groups is 10. The average Bonchev–Trinajstić information content (AvgIpc) is 3.95. The van der Waals surface area contributed by atoms with Crippen LogP contribution in [0.4, 0.5) is 0 Å². The summed E-state index contributed by atoms with van der Waals surface area (Å²) in [5, 5.41) is 45.8. The Kier molecular flexibility index (Phi) is 23.1. The second-order valence-corrected chi connectivity index (χ2v) is 16.3. The zero-order chi connectivity index (χ0) is 48.8. The fourth-order valence-corrected chi connectivity index (χ4v) is 6.45. The molecule has 360 valence electrons. The van der Waals surface area contributed by atoms with Crippen LogP contribution in [0, 0.1) is 5.92 Å². The van der Waals surface area contributed by atoms with Gasteiger partial charge in [0.05, 0.1) is 49.2 Å². The lowest BCUT2D eigenvalue weighted by Gasteiger charge is -2.28. The number of thioether (sulfide) groups is 1. The van der Waals surface area contributed by atoms with Gasteiger partial charge in [-0.15, -0.1) is 0 Å². The van der Waals surface area contributed by atoms with Gasteiger partial charge < -0.3 is 74.0 Å². The van der Waals surface area contributed by atoms with Crippen molar-refractivity contribution in [2.45, 2.75) is 114 Å². The highest BCUT2D eigenvalue weighted by Crippen LogP contribution is 2.09. The Labute approximate surface area is 377 Å². The fourth-order valence-electron chi connectivity index (χ4n) is 5.98. The second kappa shape index (κ2) is 27.5. The molecule has 0 aliphatic heterocycles. The lowest BCUT2D eigenvalue weighted by molar-refractivity contribution is -0.142. The molecule has 0 bridgehead atoms. The summed E-state index contributed by atoms with van der Waals surface area (Å²) in [6.07, 6.45) is 3.26. The Morgan fingerprint density at radius 2 is 1.22 bits per heavy atom. The zero-order valence-corrected chi connectivity index (χ0v) is 37.1. The van der Waals surface area contributed by atoms with Crippen molar-refractivity contribution in [1.29, 1.82) is 0 Å². The number of aromatic amines is 2. The van der Waals surface area contributed by atoms with E-state index in [2.05, 4.69) is 57.2 Å². The van der Waals surface area contributed by atoms with E-state index < -0.39 is 133 Å². The van der Waals surface area contributed by atoms with Crippen LogP contribution in [0.5, 0.6) is 0 Å². The average molecular weight is 938 g/mol. The van der Waals surface area contributed by atoms with Crippen LogP contribution in [0.25, 0.3) is 0 Å². The highest BCUT2D eigenvalue weighted by Gasteiger charge is 2.36. The third kappa shape index (κ3) is 20.2. The van der Waals surface area contributed by atoms with E-state index in [4.69, 9.17) is 11.5 Å². The molecule has 8 amide bonds. The number of carboxylic acids is 2. The van der Waals surface area contributed by atoms with Crippen molar-refractivity contribution in [1.82, 2.24) is 57.2 Å². The van der Waals surface area contributed by atoms with E-state index in [-0.39, 0.29) is 37.3 Å². The summed E-state index contributed by atoms with van der Waals surface area (Å²) in [5.74, 6) is -10.3. The normalized spacial score (nSPS) is 14.8. The molecule has 0 radical (unpaired) electrons. The van der Waals surface area contributed by atoms with Gasteiger partial charge in [-0.2, -0.15) is 11.8 Å². The van der Waals surface area contributed by atoms with Crippen LogP contribution in [0.3, 0.4) is 0 Å². The predicted octanol–water partition coefficient (Wildman–Crippen LogP) is -4.72. The maximum atomic E-state index is 13.9. The summed E-state index contributed by atoms with van der Waals surface area (Å²) >= 11 is 1.35. The number of hydrogen-bond acceptors (Lipinski definition) is 15. The zero-order valence-electron chi connectivity index (χ0n) is 36.3. The van der Waals surface area contributed by atoms with E-state index in [1.165, 1.54) is 36.8 Å². The van der Waals surface area contributed by atoms with E-state index in [0.29, 0.717) is 11.4 Å². The lowest BCUT2D eigenvalue weighted by Crippen LogP contribution is -2.62. The number of imidazole rings is 2. The molecule has 27 heteroatoms. The summed E-state index contributed by atoms with van der Waals surface area (Å²) in [4.78, 5) is 142. The molecule has 0 saturated carbocycles. The van der Waals surface area contributed by atoms with Crippen LogP contribution >= 0.6 is 11.8 Å². The number of amides is 8. The number of nitrogens with zero attached hydrogens (tertiary/aromatic N) is 2. The summed E-state index contributed by atoms with van der Waals surface area (Å²) < 4.78 is 0. The first kappa shape index (κ1) is 54.5.